The fraction of sp³-hybridized carbons (Fsp3) is 0.333. The van der Waals surface area contributed by atoms with Crippen LogP contribution in [0.2, 0.25) is 0 Å². The molecule has 0 saturated carbocycles. The van der Waals surface area contributed by atoms with E-state index < -0.39 is 0 Å². The van der Waals surface area contributed by atoms with Gasteiger partial charge in [-0.05, 0) is 24.6 Å². The zero-order chi connectivity index (χ0) is 17.9. The summed E-state index contributed by atoms with van der Waals surface area (Å²) < 4.78 is 0. The van der Waals surface area contributed by atoms with Gasteiger partial charge in [0.15, 0.2) is 0 Å². The van der Waals surface area contributed by atoms with Gasteiger partial charge in [0.25, 0.3) is 5.91 Å². The summed E-state index contributed by atoms with van der Waals surface area (Å²) in [5.41, 5.74) is 2.74. The van der Waals surface area contributed by atoms with E-state index >= 15 is 0 Å². The molecule has 0 spiro atoms. The van der Waals surface area contributed by atoms with Gasteiger partial charge in [0.05, 0.1) is 0 Å². The summed E-state index contributed by atoms with van der Waals surface area (Å²) in [4.78, 5) is 29.1. The zero-order valence-corrected chi connectivity index (χ0v) is 15.5. The molecule has 4 nitrogen and oxygen atoms in total. The molecule has 0 aliphatic carbocycles. The van der Waals surface area contributed by atoms with Crippen molar-refractivity contribution in [1.82, 2.24) is 9.80 Å². The number of rotatable bonds is 5. The molecule has 1 saturated heterocycles. The fourth-order valence-corrected chi connectivity index (χ4v) is 4.73. The average Bonchev–Trinajstić information content (AvgIpc) is 3.25. The molecule has 5 heteroatoms. The number of carbonyl (C=O) groups excluding carboxylic acids is 2. The number of likely N-dealkylation sites (tertiary alicyclic amines) is 1. The number of fused-ring (bicyclic) bond motifs is 1. The van der Waals surface area contributed by atoms with Crippen LogP contribution in [-0.2, 0) is 6.54 Å². The number of nitrogens with zero attached hydrogens (tertiary/aromatic N) is 2. The maximum Gasteiger partial charge on any atom is 0.254 e. The van der Waals surface area contributed by atoms with Crippen LogP contribution in [-0.4, -0.2) is 52.3 Å². The average molecular weight is 366 g/mol. The van der Waals surface area contributed by atoms with Crippen molar-refractivity contribution >= 4 is 22.8 Å². The first-order chi connectivity index (χ1) is 12.7. The summed E-state index contributed by atoms with van der Waals surface area (Å²) in [5.74, 6) is 0.143. The summed E-state index contributed by atoms with van der Waals surface area (Å²) >= 11 is 1.45. The Morgan fingerprint density at radius 1 is 1.04 bits per heavy atom. The highest BCUT2D eigenvalue weighted by Gasteiger charge is 2.29. The van der Waals surface area contributed by atoms with Gasteiger partial charge >= 0.3 is 0 Å². The Bertz CT molecular complexity index is 809. The number of amides is 1. The molecule has 1 atom stereocenters. The van der Waals surface area contributed by atoms with Crippen molar-refractivity contribution in [1.29, 1.82) is 0 Å². The molecular weight excluding hydrogens is 344 g/mol. The lowest BCUT2D eigenvalue weighted by atomic mass is 10.1. The lowest BCUT2D eigenvalue weighted by Crippen LogP contribution is -2.34. The van der Waals surface area contributed by atoms with Gasteiger partial charge in [0.2, 0.25) is 5.12 Å². The van der Waals surface area contributed by atoms with E-state index in [4.69, 9.17) is 0 Å². The molecule has 26 heavy (non-hydrogen) atoms. The Balaban J connectivity index is 1.25. The quantitative estimate of drug-likeness (QED) is 0.814. The van der Waals surface area contributed by atoms with Gasteiger partial charge in [0, 0.05) is 42.6 Å². The first kappa shape index (κ1) is 17.3. The van der Waals surface area contributed by atoms with Gasteiger partial charge in [-0.25, -0.2) is 0 Å². The summed E-state index contributed by atoms with van der Waals surface area (Å²) in [5, 5.41) is 0.497. The molecule has 2 aliphatic heterocycles. The SMILES string of the molecule is O=C(S[C@H]1CCN(CCN2Cc3ccccc3C2=O)C1)c1ccccc1. The highest BCUT2D eigenvalue weighted by molar-refractivity contribution is 8.14. The topological polar surface area (TPSA) is 40.6 Å². The molecule has 2 aromatic rings. The van der Waals surface area contributed by atoms with Crippen molar-refractivity contribution in [2.24, 2.45) is 0 Å². The minimum Gasteiger partial charge on any atom is -0.333 e. The van der Waals surface area contributed by atoms with E-state index in [1.54, 1.807) is 0 Å². The van der Waals surface area contributed by atoms with E-state index in [0.717, 1.165) is 49.3 Å². The molecule has 2 heterocycles. The first-order valence-electron chi connectivity index (χ1n) is 9.06. The van der Waals surface area contributed by atoms with Crippen LogP contribution in [0.15, 0.2) is 54.6 Å². The smallest absolute Gasteiger partial charge is 0.254 e. The highest BCUT2D eigenvalue weighted by Crippen LogP contribution is 2.27. The van der Waals surface area contributed by atoms with Crippen molar-refractivity contribution in [2.45, 2.75) is 18.2 Å². The third-order valence-electron chi connectivity index (χ3n) is 5.09. The molecule has 0 radical (unpaired) electrons. The summed E-state index contributed by atoms with van der Waals surface area (Å²) in [6, 6.07) is 17.3. The van der Waals surface area contributed by atoms with Crippen LogP contribution in [0.3, 0.4) is 0 Å². The van der Waals surface area contributed by atoms with E-state index in [0.29, 0.717) is 11.8 Å². The summed E-state index contributed by atoms with van der Waals surface area (Å²) in [6.07, 6.45) is 1.03. The van der Waals surface area contributed by atoms with Crippen molar-refractivity contribution in [2.75, 3.05) is 26.2 Å². The molecule has 134 valence electrons. The number of hydrogen-bond acceptors (Lipinski definition) is 4. The van der Waals surface area contributed by atoms with Crippen LogP contribution in [0, 0.1) is 0 Å². The Labute approximate surface area is 158 Å². The Kier molecular flexibility index (Phi) is 5.09. The summed E-state index contributed by atoms with van der Waals surface area (Å²) in [7, 11) is 0. The Morgan fingerprint density at radius 3 is 2.62 bits per heavy atom. The normalized spacial score (nSPS) is 19.8. The largest absolute Gasteiger partial charge is 0.333 e. The second kappa shape index (κ2) is 7.64. The standard InChI is InChI=1S/C21H22N2O2S/c24-20-19-9-5-4-8-17(19)14-23(20)13-12-22-11-10-18(15-22)26-21(25)16-6-2-1-3-7-16/h1-9,18H,10-15H2/t18-/m0/s1. The van der Waals surface area contributed by atoms with Gasteiger partial charge in [-0.2, -0.15) is 0 Å². The van der Waals surface area contributed by atoms with Gasteiger partial charge in [-0.1, -0.05) is 60.3 Å². The molecule has 2 aliphatic rings. The molecule has 0 aromatic heterocycles. The molecule has 2 aromatic carbocycles. The first-order valence-corrected chi connectivity index (χ1v) is 9.94. The van der Waals surface area contributed by atoms with E-state index in [-0.39, 0.29) is 11.0 Å². The monoisotopic (exact) mass is 366 g/mol. The van der Waals surface area contributed by atoms with E-state index in [2.05, 4.69) is 4.90 Å². The maximum absolute atomic E-state index is 12.4. The zero-order valence-electron chi connectivity index (χ0n) is 14.6. The Morgan fingerprint density at radius 2 is 1.81 bits per heavy atom. The minimum absolute atomic E-state index is 0.143. The van der Waals surface area contributed by atoms with Crippen LogP contribution >= 0.6 is 11.8 Å². The van der Waals surface area contributed by atoms with Crippen LogP contribution < -0.4 is 0 Å². The molecule has 0 bridgehead atoms. The van der Waals surface area contributed by atoms with Gasteiger partial charge in [-0.15, -0.1) is 0 Å². The predicted octanol–water partition coefficient (Wildman–Crippen LogP) is 3.29. The summed E-state index contributed by atoms with van der Waals surface area (Å²) in [6.45, 7) is 4.24. The molecule has 1 amide bonds. The van der Waals surface area contributed by atoms with Gasteiger partial charge < -0.3 is 9.80 Å². The molecular formula is C21H22N2O2S. The van der Waals surface area contributed by atoms with E-state index in [9.17, 15) is 9.59 Å². The molecule has 4 rings (SSSR count). The van der Waals surface area contributed by atoms with E-state index in [1.807, 2.05) is 59.5 Å². The third-order valence-corrected chi connectivity index (χ3v) is 6.26. The fourth-order valence-electron chi connectivity index (χ4n) is 3.65. The van der Waals surface area contributed by atoms with Crippen LogP contribution in [0.5, 0.6) is 0 Å². The second-order valence-electron chi connectivity index (χ2n) is 6.87. The number of benzene rings is 2. The van der Waals surface area contributed by atoms with Crippen LogP contribution in [0.25, 0.3) is 0 Å². The minimum atomic E-state index is 0.143. The lowest BCUT2D eigenvalue weighted by molar-refractivity contribution is 0.0763. The van der Waals surface area contributed by atoms with Gasteiger partial charge in [-0.3, -0.25) is 9.59 Å². The lowest BCUT2D eigenvalue weighted by Gasteiger charge is -2.21. The van der Waals surface area contributed by atoms with Crippen LogP contribution in [0.4, 0.5) is 0 Å². The number of hydrogen-bond donors (Lipinski definition) is 0. The van der Waals surface area contributed by atoms with Gasteiger partial charge in [0.1, 0.15) is 0 Å². The van der Waals surface area contributed by atoms with Crippen LogP contribution in [0.1, 0.15) is 32.7 Å². The van der Waals surface area contributed by atoms with Crippen molar-refractivity contribution in [3.63, 3.8) is 0 Å². The Hall–Kier alpha value is -2.11. The number of thioether (sulfide) groups is 1. The number of carbonyl (C=O) groups is 2. The third kappa shape index (κ3) is 3.69. The van der Waals surface area contributed by atoms with E-state index in [1.165, 1.54) is 11.8 Å². The molecule has 0 unspecified atom stereocenters. The molecule has 0 N–H and O–H groups in total. The van der Waals surface area contributed by atoms with Crippen molar-refractivity contribution in [3.05, 3.63) is 71.3 Å². The molecule has 1 fully saturated rings. The van der Waals surface area contributed by atoms with Crippen molar-refractivity contribution < 1.29 is 9.59 Å². The predicted molar refractivity (Wildman–Crippen MR) is 104 cm³/mol. The second-order valence-corrected chi connectivity index (χ2v) is 8.14. The highest BCUT2D eigenvalue weighted by atomic mass is 32.2. The van der Waals surface area contributed by atoms with Crippen molar-refractivity contribution in [3.8, 4) is 0 Å². The maximum atomic E-state index is 12.4.